The zero-order valence-corrected chi connectivity index (χ0v) is 84.7. The molecule has 12 rings (SSSR count). The first kappa shape index (κ1) is 123. The van der Waals surface area contributed by atoms with Crippen LogP contribution >= 0.6 is 0 Å². The number of carbonyl (C=O) groups is 6. The zero-order valence-electron chi connectivity index (χ0n) is 84.7. The molecule has 3 saturated heterocycles. The Morgan fingerprint density at radius 2 is 0.608 bits per heavy atom. The van der Waals surface area contributed by atoms with Crippen LogP contribution in [0.25, 0.3) is 0 Å². The molecule has 814 valence electrons. The van der Waals surface area contributed by atoms with Gasteiger partial charge in [-0.15, -0.1) is 0 Å². The molecule has 0 bridgehead atoms. The first-order valence-corrected chi connectivity index (χ1v) is 47.6. The van der Waals surface area contributed by atoms with Gasteiger partial charge in [0.05, 0.1) is 46.5 Å². The number of hydrogen-bond acceptors (Lipinski definition) is 15. The topological polar surface area (TPSA) is 224 Å². The third-order valence-electron chi connectivity index (χ3n) is 23.4. The van der Waals surface area contributed by atoms with Crippen molar-refractivity contribution in [2.45, 2.75) is 327 Å². The van der Waals surface area contributed by atoms with Crippen LogP contribution in [0.1, 0.15) is 240 Å². The van der Waals surface area contributed by atoms with E-state index in [9.17, 15) is 125 Å². The number of nitrogens with one attached hydrogen (secondary N) is 2. The van der Waals surface area contributed by atoms with Crippen molar-refractivity contribution in [3.05, 3.63) is 284 Å². The summed E-state index contributed by atoms with van der Waals surface area (Å²) in [4.78, 5) is 85.4. The highest BCUT2D eigenvalue weighted by molar-refractivity contribution is 5.92. The molecule has 0 aliphatic carbocycles. The zero-order chi connectivity index (χ0) is 111. The van der Waals surface area contributed by atoms with Crippen LogP contribution in [0.2, 0.25) is 0 Å². The predicted octanol–water partition coefficient (Wildman–Crippen LogP) is 27.3. The molecule has 1 aromatic heterocycles. The molecule has 9 atom stereocenters. The number of Topliss-reactive ketones (excluding diaryl/α,β-unsaturated/α-hetero) is 1. The number of pyridine rings is 1. The van der Waals surface area contributed by atoms with E-state index in [1.165, 1.54) is 65.7 Å². The van der Waals surface area contributed by atoms with Gasteiger partial charge in [0.25, 0.3) is 0 Å². The SMILES string of the molecule is CC(C)(C)OC(=O)N1C=CC(=O)CC1Cc1ccc(F)cc1.CCC1CC(=O)CC(Cc2ccc(F)cc2)N1C(=O)OC(C)(C)C.CC[C@@H]1C[C@@H](NCc2cc(C(F)(F)F)cc(C(F)(F)F)c2)C[C@H](Cc2ccc(F)cc2)N1C(=O)OC(C)(C)C.CC[C@@H]1C[C@H](NCc2cc(C(F)(F)F)cc(C(F)(F)F)c2)C[C@H](Cc2ccc(F)cc2)N1C(=O)OC(C)(C)C.COc1ccncc1.NCc1cc(C(F)(F)F)cc(C(F)(F)F)c1. The number of methoxy groups -OCH3 is 1. The van der Waals surface area contributed by atoms with E-state index in [-0.39, 0.29) is 133 Å². The number of aromatic nitrogens is 1. The Morgan fingerprint density at radius 1 is 0.345 bits per heavy atom. The van der Waals surface area contributed by atoms with Gasteiger partial charge >= 0.3 is 61.4 Å². The van der Waals surface area contributed by atoms with Crippen LogP contribution in [0.15, 0.2) is 188 Å². The Morgan fingerprint density at radius 3 is 0.878 bits per heavy atom. The average Bonchev–Trinajstić information content (AvgIpc) is 0.794. The lowest BCUT2D eigenvalue weighted by atomic mass is 9.87. The number of carbonyl (C=O) groups excluding carboxylic acids is 6. The molecule has 41 heteroatoms. The van der Waals surface area contributed by atoms with Crippen molar-refractivity contribution < 1.29 is 149 Å². The molecule has 7 aromatic carbocycles. The van der Waals surface area contributed by atoms with Gasteiger partial charge in [0, 0.05) is 106 Å². The van der Waals surface area contributed by atoms with Gasteiger partial charge in [-0.05, 0) is 314 Å². The highest BCUT2D eigenvalue weighted by Gasteiger charge is 2.47. The Kier molecular flexibility index (Phi) is 43.5. The van der Waals surface area contributed by atoms with Crippen LogP contribution in [0.3, 0.4) is 0 Å². The monoisotopic (exact) mass is 2120 g/mol. The normalized spacial score (nSPS) is 19.0. The van der Waals surface area contributed by atoms with Gasteiger partial charge in [-0.2, -0.15) is 79.0 Å². The van der Waals surface area contributed by atoms with Crippen LogP contribution in [-0.2, 0) is 111 Å². The first-order chi connectivity index (χ1) is 68.4. The second-order valence-electron chi connectivity index (χ2n) is 40.0. The maximum atomic E-state index is 13.5. The van der Waals surface area contributed by atoms with E-state index in [1.807, 2.05) is 41.5 Å². The van der Waals surface area contributed by atoms with Crippen LogP contribution in [0, 0.1) is 23.3 Å². The maximum absolute atomic E-state index is 13.5. The van der Waals surface area contributed by atoms with Crippen LogP contribution < -0.4 is 21.1 Å². The minimum atomic E-state index is -4.93. The van der Waals surface area contributed by atoms with E-state index in [0.29, 0.717) is 120 Å². The number of amides is 4. The Balaban J connectivity index is 0.000000253. The lowest BCUT2D eigenvalue weighted by Crippen LogP contribution is -2.57. The molecular formula is C107H126F22N8O11. The number of benzene rings is 7. The number of ether oxygens (including phenoxy) is 5. The van der Waals surface area contributed by atoms with Crippen LogP contribution in [-0.4, -0.2) is 144 Å². The molecule has 148 heavy (non-hydrogen) atoms. The Labute approximate surface area is 846 Å². The summed E-state index contributed by atoms with van der Waals surface area (Å²) in [5, 5.41) is 6.24. The van der Waals surface area contributed by atoms with E-state index in [1.54, 1.807) is 157 Å². The summed E-state index contributed by atoms with van der Waals surface area (Å²) in [6, 6.07) is 29.2. The summed E-state index contributed by atoms with van der Waals surface area (Å²) >= 11 is 0. The van der Waals surface area contributed by atoms with Crippen LogP contribution in [0.4, 0.5) is 116 Å². The fourth-order valence-corrected chi connectivity index (χ4v) is 16.8. The van der Waals surface area contributed by atoms with E-state index in [2.05, 4.69) is 15.6 Å². The molecule has 4 N–H and O–H groups in total. The van der Waals surface area contributed by atoms with Crippen molar-refractivity contribution >= 4 is 35.9 Å². The van der Waals surface area contributed by atoms with Crippen molar-refractivity contribution in [3.63, 3.8) is 0 Å². The van der Waals surface area contributed by atoms with E-state index >= 15 is 0 Å². The molecule has 8 aromatic rings. The van der Waals surface area contributed by atoms with E-state index in [0.717, 1.165) is 28.0 Å². The third kappa shape index (κ3) is 40.8. The molecule has 4 aliphatic heterocycles. The molecule has 4 amide bonds. The Hall–Kier alpha value is -12.0. The fraction of sp³-hybridized carbons (Fsp3) is 0.486. The number of alkyl halides is 18. The van der Waals surface area contributed by atoms with Crippen LogP contribution in [0.5, 0.6) is 5.75 Å². The van der Waals surface area contributed by atoms with Crippen molar-refractivity contribution in [2.24, 2.45) is 5.73 Å². The maximum Gasteiger partial charge on any atom is 0.416 e. The van der Waals surface area contributed by atoms with Gasteiger partial charge in [-0.25, -0.2) is 36.7 Å². The molecule has 19 nitrogen and oxygen atoms in total. The summed E-state index contributed by atoms with van der Waals surface area (Å²) in [6.07, 6.45) is -18.9. The summed E-state index contributed by atoms with van der Waals surface area (Å²) in [7, 11) is 1.63. The van der Waals surface area contributed by atoms with Gasteiger partial charge in [-0.3, -0.25) is 19.5 Å². The lowest BCUT2D eigenvalue weighted by Gasteiger charge is -2.45. The lowest BCUT2D eigenvalue weighted by molar-refractivity contribution is -0.144. The number of ketones is 2. The molecular weight excluding hydrogens is 1990 g/mol. The van der Waals surface area contributed by atoms with Crippen molar-refractivity contribution in [2.75, 3.05) is 7.11 Å². The van der Waals surface area contributed by atoms with Crippen molar-refractivity contribution in [1.82, 2.24) is 35.2 Å². The molecule has 0 radical (unpaired) electrons. The standard InChI is InChI=1S/2C28H33F7N2O2.C19H26FNO3.C17H20FNO3.C9H7F6N.C6H7NO/c2*1-5-23-14-22(36-16-18-10-19(27(30,31)32)13-20(11-18)28(33,34)35)15-24(12-17-6-8-21(29)9-7-17)37(23)25(38)39-26(2,3)4;1-5-15-11-17(22)12-16(10-13-6-8-14(20)9-7-13)21(15)18(23)24-19(2,3)4;1-17(2,3)22-16(21)19-9-8-15(20)11-14(19)10-12-4-6-13(18)7-5-12;10-8(11,12)6-1-5(4-16)2-7(3-6)9(13,14)15;1-8-6-2-4-7-5-3-6/h2*6-11,13,22-24,36H,5,12,14-16H2,1-4H3;6-9,15-16H,5,10-12H2,1-4H3;4-9,14H,10-11H2,1-3H3;1-3H,4,16H2;2-5H,1H3/t22-,23+,24-;22-,23-,24+;;;;/m01..../s1. The van der Waals surface area contributed by atoms with E-state index in [4.69, 9.17) is 29.4 Å². The van der Waals surface area contributed by atoms with E-state index < -0.39 is 135 Å². The minimum Gasteiger partial charge on any atom is -0.497 e. The number of nitrogens with zero attached hydrogens (tertiary/aromatic N) is 5. The molecule has 3 unspecified atom stereocenters. The predicted molar refractivity (Wildman–Crippen MR) is 511 cm³/mol. The van der Waals surface area contributed by atoms with Gasteiger partial charge in [0.15, 0.2) is 5.78 Å². The summed E-state index contributed by atoms with van der Waals surface area (Å²) in [5.41, 5.74) is -2.97. The molecule has 0 spiro atoms. The second-order valence-corrected chi connectivity index (χ2v) is 40.0. The Bertz CT molecular complexity index is 5370. The number of hydrogen-bond donors (Lipinski definition) is 3. The number of piperidine rings is 3. The summed E-state index contributed by atoms with van der Waals surface area (Å²) < 4.78 is 313. The molecule has 5 heterocycles. The smallest absolute Gasteiger partial charge is 0.416 e. The highest BCUT2D eigenvalue weighted by atomic mass is 19.4. The van der Waals surface area contributed by atoms with Gasteiger partial charge in [0.1, 0.15) is 57.2 Å². The average molecular weight is 2120 g/mol. The summed E-state index contributed by atoms with van der Waals surface area (Å²) in [5.74, 6) is -0.449. The second kappa shape index (κ2) is 52.4. The first-order valence-electron chi connectivity index (χ1n) is 47.6. The van der Waals surface area contributed by atoms with Gasteiger partial charge in [0.2, 0.25) is 0 Å². The van der Waals surface area contributed by atoms with Crippen molar-refractivity contribution in [1.29, 1.82) is 0 Å². The third-order valence-corrected chi connectivity index (χ3v) is 23.4. The number of nitrogens with two attached hydrogens (primary N) is 1. The minimum absolute atomic E-state index is 0.0353. The quantitative estimate of drug-likeness (QED) is 0.0506. The number of halogens is 22. The number of likely N-dealkylation sites (tertiary alicyclic amines) is 3. The van der Waals surface area contributed by atoms with Crippen molar-refractivity contribution in [3.8, 4) is 5.75 Å². The highest BCUT2D eigenvalue weighted by Crippen LogP contribution is 2.43. The number of rotatable bonds is 19. The molecule has 0 saturated carbocycles. The molecule has 3 fully saturated rings. The molecule has 4 aliphatic rings. The van der Waals surface area contributed by atoms with Gasteiger partial charge < -0.3 is 54.8 Å². The number of allylic oxidation sites excluding steroid dienone is 1. The summed E-state index contributed by atoms with van der Waals surface area (Å²) in [6.45, 7) is 26.3. The van der Waals surface area contributed by atoms with Gasteiger partial charge in [-0.1, -0.05) is 69.3 Å². The largest absolute Gasteiger partial charge is 0.497 e. The fourth-order valence-electron chi connectivity index (χ4n) is 16.8.